The average molecular weight is 1250 g/mol. The van der Waals surface area contributed by atoms with Gasteiger partial charge in [-0.25, -0.2) is 0 Å². The summed E-state index contributed by atoms with van der Waals surface area (Å²) in [6.07, 6.45) is 1.94. The first kappa shape index (κ1) is 71.3. The number of non-ortho nitro benzene ring substituents is 1. The number of aromatic hydroxyl groups is 12. The Morgan fingerprint density at radius 3 is 1.19 bits per heavy atom. The third kappa shape index (κ3) is 20.1. The standard InChI is InChI=1S/4C8H9NO4.2C7H6NO4.2Y/c1-2-5-3-7(10)8(11)4-6(5)9(12)13;1-2-5-3-6(9(12)13)4-7(10)8(5)11;1-2-5-3-6(9(12)13)8(11)7(10)4-5;1-2-5-3-4-6(9(12)13)8(11)7(5)10;1-4-2-5(8(11)12)7(10)6(9)3-4;1-4-2-3-5(8(11)12)7(10)6(4)9;;/h4*3-4,10-11H,2H2,1H3;2*2-3,9-10H,1H2;;/q;;;;2*-1;;. The van der Waals surface area contributed by atoms with E-state index >= 15 is 0 Å². The topological polar surface area (TPSA) is 502 Å². The summed E-state index contributed by atoms with van der Waals surface area (Å²) in [5, 5.41) is 171. The molecule has 0 fully saturated rings. The van der Waals surface area contributed by atoms with Crippen LogP contribution < -0.4 is 0 Å². The van der Waals surface area contributed by atoms with Gasteiger partial charge in [0.1, 0.15) is 5.75 Å². The summed E-state index contributed by atoms with van der Waals surface area (Å²) in [5.74, 6) is -6.29. The second kappa shape index (κ2) is 32.7. The zero-order valence-corrected chi connectivity index (χ0v) is 47.0. The minimum Gasteiger partial charge on any atom is -0.561 e. The van der Waals surface area contributed by atoms with Crippen LogP contribution >= 0.6 is 0 Å². The fraction of sp³-hybridized carbons (Fsp3) is 0.174. The molecule has 0 saturated carbocycles. The zero-order valence-electron chi connectivity index (χ0n) is 41.3. The molecule has 414 valence electrons. The van der Waals surface area contributed by atoms with Crippen molar-refractivity contribution in [3.63, 3.8) is 0 Å². The molecule has 78 heavy (non-hydrogen) atoms. The molecule has 0 spiro atoms. The van der Waals surface area contributed by atoms with E-state index in [1.807, 2.05) is 0 Å². The van der Waals surface area contributed by atoms with Crippen LogP contribution in [0.4, 0.5) is 34.1 Å². The molecule has 12 N–H and O–H groups in total. The van der Waals surface area contributed by atoms with Crippen LogP contribution in [0.15, 0.2) is 72.8 Å². The van der Waals surface area contributed by atoms with Crippen LogP contribution in [0, 0.1) is 74.5 Å². The first-order chi connectivity index (χ1) is 35.3. The van der Waals surface area contributed by atoms with Gasteiger partial charge in [-0.05, 0) is 61.1 Å². The van der Waals surface area contributed by atoms with E-state index < -0.39 is 110 Å². The normalized spacial score (nSPS) is 9.59. The largest absolute Gasteiger partial charge is 0.561 e. The number of hydrogen-bond acceptors (Lipinski definition) is 24. The second-order valence-electron chi connectivity index (χ2n) is 14.7. The summed E-state index contributed by atoms with van der Waals surface area (Å²) >= 11 is 0. The van der Waals surface area contributed by atoms with Gasteiger partial charge in [-0.3, -0.25) is 60.7 Å². The summed E-state index contributed by atoms with van der Waals surface area (Å²) in [6, 6.07) is 14.0. The van der Waals surface area contributed by atoms with Gasteiger partial charge in [0, 0.05) is 94.7 Å². The van der Waals surface area contributed by atoms with Crippen molar-refractivity contribution in [2.24, 2.45) is 0 Å². The van der Waals surface area contributed by atoms with E-state index in [1.165, 1.54) is 42.5 Å². The minimum atomic E-state index is -0.788. The van der Waals surface area contributed by atoms with E-state index in [0.717, 1.165) is 30.3 Å². The molecule has 0 unspecified atom stereocenters. The van der Waals surface area contributed by atoms with E-state index in [-0.39, 0.29) is 99.4 Å². The summed E-state index contributed by atoms with van der Waals surface area (Å²) < 4.78 is 0. The number of rotatable bonds is 10. The first-order valence-electron chi connectivity index (χ1n) is 21.1. The summed E-state index contributed by atoms with van der Waals surface area (Å²) in [4.78, 5) is 57.7. The molecule has 0 saturated heterocycles. The van der Waals surface area contributed by atoms with E-state index in [1.54, 1.807) is 27.7 Å². The molecule has 6 aromatic carbocycles. The van der Waals surface area contributed by atoms with Crippen LogP contribution in [-0.4, -0.2) is 90.8 Å². The van der Waals surface area contributed by atoms with Crippen molar-refractivity contribution in [2.75, 3.05) is 0 Å². The Morgan fingerprint density at radius 2 is 0.756 bits per heavy atom. The van der Waals surface area contributed by atoms with E-state index in [4.69, 9.17) is 46.0 Å². The second-order valence-corrected chi connectivity index (χ2v) is 14.7. The number of hydrogen-bond donors (Lipinski definition) is 12. The van der Waals surface area contributed by atoms with Crippen molar-refractivity contribution in [3.8, 4) is 69.0 Å². The van der Waals surface area contributed by atoms with Gasteiger partial charge in [0.15, 0.2) is 40.2 Å². The maximum Gasteiger partial charge on any atom is 0.314 e. The van der Waals surface area contributed by atoms with Gasteiger partial charge in [0.25, 0.3) is 22.7 Å². The van der Waals surface area contributed by atoms with Crippen LogP contribution in [-0.2, 0) is 91.1 Å². The van der Waals surface area contributed by atoms with Gasteiger partial charge >= 0.3 is 11.4 Å². The number of nitro benzene ring substituents is 6. The first-order valence-corrected chi connectivity index (χ1v) is 21.1. The van der Waals surface area contributed by atoms with E-state index in [9.17, 15) is 76.0 Å². The van der Waals surface area contributed by atoms with E-state index in [2.05, 4.69) is 13.8 Å². The zero-order chi connectivity index (χ0) is 58.6. The van der Waals surface area contributed by atoms with Crippen molar-refractivity contribution >= 4 is 34.1 Å². The predicted octanol–water partition coefficient (Wildman–Crippen LogP) is 8.64. The van der Waals surface area contributed by atoms with Crippen LogP contribution in [0.3, 0.4) is 0 Å². The van der Waals surface area contributed by atoms with Gasteiger partial charge < -0.3 is 61.3 Å². The molecule has 0 aliphatic heterocycles. The van der Waals surface area contributed by atoms with Crippen LogP contribution in [0.2, 0.25) is 0 Å². The van der Waals surface area contributed by atoms with Crippen LogP contribution in [0.1, 0.15) is 61.1 Å². The quantitative estimate of drug-likeness (QED) is 0.0264. The van der Waals surface area contributed by atoms with Gasteiger partial charge in [-0.15, -0.1) is 6.07 Å². The molecule has 0 aliphatic rings. The van der Waals surface area contributed by atoms with Gasteiger partial charge in [0.2, 0.25) is 17.2 Å². The molecule has 30 nitrogen and oxygen atoms in total. The summed E-state index contributed by atoms with van der Waals surface area (Å²) in [6.45, 7) is 13.8. The molecular formula is C46H48N6O24Y2-2. The number of benzene rings is 6. The number of nitrogens with zero attached hydrogens (tertiary/aromatic N) is 6. The third-order valence-corrected chi connectivity index (χ3v) is 9.76. The molecule has 32 heteroatoms. The van der Waals surface area contributed by atoms with Gasteiger partial charge in [-0.1, -0.05) is 33.8 Å². The van der Waals surface area contributed by atoms with Crippen molar-refractivity contribution in [3.05, 3.63) is 181 Å². The number of phenols is 12. The molecule has 0 amide bonds. The Labute approximate surface area is 490 Å². The maximum absolute atomic E-state index is 10.5. The molecule has 0 atom stereocenters. The Kier molecular flexibility index (Phi) is 29.9. The van der Waals surface area contributed by atoms with Gasteiger partial charge in [-0.2, -0.15) is 31.0 Å². The van der Waals surface area contributed by atoms with Crippen LogP contribution in [0.5, 0.6) is 69.0 Å². The molecule has 0 bridgehead atoms. The minimum absolute atomic E-state index is 0. The van der Waals surface area contributed by atoms with Crippen molar-refractivity contribution in [1.29, 1.82) is 0 Å². The summed E-state index contributed by atoms with van der Waals surface area (Å²) in [5.41, 5.74) is -0.0939. The van der Waals surface area contributed by atoms with Crippen molar-refractivity contribution in [1.82, 2.24) is 0 Å². The number of phenolic OH excluding ortho intramolecular Hbond substituents is 12. The third-order valence-electron chi connectivity index (χ3n) is 9.76. The molecule has 0 aromatic heterocycles. The van der Waals surface area contributed by atoms with Crippen LogP contribution in [0.25, 0.3) is 0 Å². The molecule has 6 aromatic rings. The Balaban J connectivity index is 0. The fourth-order valence-electron chi connectivity index (χ4n) is 5.70. The van der Waals surface area contributed by atoms with Crippen molar-refractivity contribution < 1.29 is 156 Å². The number of aryl methyl sites for hydroxylation is 4. The maximum atomic E-state index is 10.5. The molecular weight excluding hydrogens is 1200 g/mol. The molecule has 2 radical (unpaired) electrons. The van der Waals surface area contributed by atoms with Crippen molar-refractivity contribution in [2.45, 2.75) is 53.4 Å². The molecule has 0 aliphatic carbocycles. The molecule has 6 rings (SSSR count). The summed E-state index contributed by atoms with van der Waals surface area (Å²) in [7, 11) is 0. The Hall–Kier alpha value is -8.73. The smallest absolute Gasteiger partial charge is 0.314 e. The fourth-order valence-corrected chi connectivity index (χ4v) is 5.70. The monoisotopic (exact) mass is 1250 g/mol. The molecule has 0 heterocycles. The van der Waals surface area contributed by atoms with Gasteiger partial charge in [0.05, 0.1) is 47.4 Å². The average Bonchev–Trinajstić information content (AvgIpc) is 3.35. The Morgan fingerprint density at radius 1 is 0.346 bits per heavy atom. The SMILES string of the molecule is CCc1cc(O)c(O)c([N+](=O)[O-])c1.CCc1cc(O)c(O)cc1[N+](=O)[O-].CCc1cc([N+](=O)[O-])cc(O)c1O.CCc1ccc([N+](=O)[O-])c(O)c1O.[CH2-]c1cc(O)c(O)c([N+](=O)[O-])c1.[CH2-]c1ccc([N+](=O)[O-])c(O)c1O.[Y].[Y]. The predicted molar refractivity (Wildman–Crippen MR) is 265 cm³/mol. The Bertz CT molecular complexity index is 3140. The van der Waals surface area contributed by atoms with E-state index in [0.29, 0.717) is 47.9 Å². The number of nitro groups is 6.